The van der Waals surface area contributed by atoms with Gasteiger partial charge in [0.2, 0.25) is 0 Å². The summed E-state index contributed by atoms with van der Waals surface area (Å²) in [5, 5.41) is 9.65. The van der Waals surface area contributed by atoms with Gasteiger partial charge in [0.1, 0.15) is 5.82 Å². The Morgan fingerprint density at radius 2 is 1.74 bits per heavy atom. The molecule has 1 saturated heterocycles. The van der Waals surface area contributed by atoms with Crippen molar-refractivity contribution < 1.29 is 5.11 Å². The van der Waals surface area contributed by atoms with Crippen LogP contribution in [0.25, 0.3) is 17.1 Å². The zero-order valence-corrected chi connectivity index (χ0v) is 13.4. The van der Waals surface area contributed by atoms with Crippen molar-refractivity contribution in [3.05, 3.63) is 45.9 Å². The normalized spacial score (nSPS) is 16.8. The molecule has 0 bridgehead atoms. The van der Waals surface area contributed by atoms with Gasteiger partial charge in [0.15, 0.2) is 0 Å². The fourth-order valence-corrected chi connectivity index (χ4v) is 2.69. The van der Waals surface area contributed by atoms with Gasteiger partial charge < -0.3 is 14.9 Å². The van der Waals surface area contributed by atoms with Crippen LogP contribution in [0, 0.1) is 0 Å². The van der Waals surface area contributed by atoms with Crippen LogP contribution >= 0.6 is 0 Å². The van der Waals surface area contributed by atoms with Crippen molar-refractivity contribution in [2.24, 2.45) is 0 Å². The highest BCUT2D eigenvalue weighted by molar-refractivity contribution is 5.77. The number of aliphatic hydroxyl groups is 1. The van der Waals surface area contributed by atoms with Gasteiger partial charge in [-0.25, -0.2) is 9.97 Å². The minimum absolute atomic E-state index is 0.0660. The van der Waals surface area contributed by atoms with Gasteiger partial charge in [0, 0.05) is 26.2 Å². The van der Waals surface area contributed by atoms with Crippen molar-refractivity contribution in [3.63, 3.8) is 0 Å². The minimum atomic E-state index is -0.374. The maximum atomic E-state index is 12.6. The summed E-state index contributed by atoms with van der Waals surface area (Å²) in [5.74, 6) is 0.654. The van der Waals surface area contributed by atoms with Gasteiger partial charge in [0.25, 0.3) is 5.56 Å². The molecule has 3 rings (SSSR count). The summed E-state index contributed by atoms with van der Waals surface area (Å²) in [6.45, 7) is 4.92. The molecule has 0 spiro atoms. The van der Waals surface area contributed by atoms with Crippen LogP contribution < -0.4 is 10.5 Å². The predicted octanol–water partition coefficient (Wildman–Crippen LogP) is 1.66. The highest BCUT2D eigenvalue weighted by Gasteiger charge is 2.20. The molecule has 1 aromatic heterocycles. The third-order valence-electron chi connectivity index (χ3n) is 3.96. The topological polar surface area (TPSA) is 69.6 Å². The molecule has 0 amide bonds. The lowest BCUT2D eigenvalue weighted by Gasteiger charge is -2.33. The van der Waals surface area contributed by atoms with E-state index in [0.29, 0.717) is 22.4 Å². The Labute approximate surface area is 134 Å². The average molecular weight is 312 g/mol. The number of benzene rings is 1. The minimum Gasteiger partial charge on any atom is -0.513 e. The molecule has 0 unspecified atom stereocenters. The average Bonchev–Trinajstić information content (AvgIpc) is 2.65. The fraction of sp³-hybridized carbons (Fsp3) is 0.353. The first-order valence-electron chi connectivity index (χ1n) is 7.66. The second-order valence-electron chi connectivity index (χ2n) is 5.83. The Kier molecular flexibility index (Phi) is 4.25. The van der Waals surface area contributed by atoms with Crippen LogP contribution in [-0.2, 0) is 0 Å². The Morgan fingerprint density at radius 3 is 2.35 bits per heavy atom. The molecule has 0 aliphatic carbocycles. The van der Waals surface area contributed by atoms with Gasteiger partial charge in [-0.05, 0) is 32.2 Å². The number of rotatable bonds is 2. The number of anilines is 1. The first kappa shape index (κ1) is 15.4. The summed E-state index contributed by atoms with van der Waals surface area (Å²) < 4.78 is 0. The van der Waals surface area contributed by atoms with E-state index in [0.717, 1.165) is 26.2 Å². The molecule has 1 N–H and O–H groups in total. The molecule has 6 heteroatoms. The monoisotopic (exact) mass is 312 g/mol. The lowest BCUT2D eigenvalue weighted by Crippen LogP contribution is -2.45. The molecule has 1 aliphatic heterocycles. The van der Waals surface area contributed by atoms with Crippen molar-refractivity contribution in [1.82, 2.24) is 14.9 Å². The zero-order valence-electron chi connectivity index (χ0n) is 13.4. The van der Waals surface area contributed by atoms with Crippen molar-refractivity contribution in [2.75, 3.05) is 38.1 Å². The van der Waals surface area contributed by atoms with Gasteiger partial charge in [0.05, 0.1) is 22.4 Å². The number of para-hydroxylation sites is 2. The Balaban J connectivity index is 2.24. The van der Waals surface area contributed by atoms with E-state index in [2.05, 4.69) is 26.8 Å². The van der Waals surface area contributed by atoms with Crippen molar-refractivity contribution in [1.29, 1.82) is 0 Å². The maximum absolute atomic E-state index is 12.6. The number of hydrogen-bond acceptors (Lipinski definition) is 6. The number of piperazine rings is 1. The summed E-state index contributed by atoms with van der Waals surface area (Å²) in [5.41, 5.74) is 1.20. The van der Waals surface area contributed by atoms with E-state index in [1.54, 1.807) is 13.0 Å². The van der Waals surface area contributed by atoms with Crippen molar-refractivity contribution >= 4 is 22.9 Å². The van der Waals surface area contributed by atoms with E-state index >= 15 is 0 Å². The lowest BCUT2D eigenvalue weighted by molar-refractivity contribution is 0.312. The highest BCUT2D eigenvalue weighted by Crippen LogP contribution is 2.20. The van der Waals surface area contributed by atoms with Gasteiger partial charge in [-0.15, -0.1) is 0 Å². The fourth-order valence-electron chi connectivity index (χ4n) is 2.69. The molecule has 1 fully saturated rings. The largest absolute Gasteiger partial charge is 0.513 e. The molecule has 0 saturated carbocycles. The first-order valence-corrected chi connectivity index (χ1v) is 7.66. The highest BCUT2D eigenvalue weighted by atomic mass is 16.3. The molecular formula is C17H20N4O2. The maximum Gasteiger partial charge on any atom is 0.281 e. The summed E-state index contributed by atoms with van der Waals surface area (Å²) in [6.07, 6.45) is 1.45. The van der Waals surface area contributed by atoms with Crippen LogP contribution in [0.4, 0.5) is 5.82 Å². The standard InChI is InChI=1S/C17H20N4O2/c1-12(22)11-13-16(21-9-7-20(2)8-10-21)18-14-5-3-4-6-15(14)19-17(13)23/h3-6,11,22H,7-10H2,1-2H3. The van der Waals surface area contributed by atoms with E-state index in [-0.39, 0.29) is 11.3 Å². The van der Waals surface area contributed by atoms with E-state index in [9.17, 15) is 9.90 Å². The lowest BCUT2D eigenvalue weighted by atomic mass is 10.2. The zero-order chi connectivity index (χ0) is 16.4. The summed E-state index contributed by atoms with van der Waals surface area (Å²) in [7, 11) is 2.07. The summed E-state index contributed by atoms with van der Waals surface area (Å²) in [4.78, 5) is 25.7. The van der Waals surface area contributed by atoms with Crippen LogP contribution in [-0.4, -0.2) is 53.2 Å². The second kappa shape index (κ2) is 6.34. The third kappa shape index (κ3) is 3.32. The molecule has 1 aliphatic rings. The molecule has 2 heterocycles. The number of hydrogen-bond donors (Lipinski definition) is 1. The van der Waals surface area contributed by atoms with Crippen LogP contribution in [0.1, 0.15) is 12.5 Å². The van der Waals surface area contributed by atoms with Crippen molar-refractivity contribution in [2.45, 2.75) is 6.92 Å². The molecule has 0 radical (unpaired) electrons. The van der Waals surface area contributed by atoms with E-state index < -0.39 is 0 Å². The quantitative estimate of drug-likeness (QED) is 0.851. The van der Waals surface area contributed by atoms with E-state index in [4.69, 9.17) is 0 Å². The summed E-state index contributed by atoms with van der Waals surface area (Å²) >= 11 is 0. The van der Waals surface area contributed by atoms with Gasteiger partial charge in [-0.2, -0.15) is 0 Å². The second-order valence-corrected chi connectivity index (χ2v) is 5.83. The Morgan fingerprint density at radius 1 is 1.13 bits per heavy atom. The van der Waals surface area contributed by atoms with Crippen LogP contribution in [0.5, 0.6) is 0 Å². The van der Waals surface area contributed by atoms with Gasteiger partial charge in [-0.3, -0.25) is 4.79 Å². The molecule has 120 valence electrons. The Hall–Kier alpha value is -2.47. The number of aliphatic hydroxyl groups excluding tert-OH is 1. The van der Waals surface area contributed by atoms with Gasteiger partial charge >= 0.3 is 0 Å². The van der Waals surface area contributed by atoms with Crippen LogP contribution in [0.3, 0.4) is 0 Å². The molecule has 1 aromatic carbocycles. The molecule has 0 atom stereocenters. The molecular weight excluding hydrogens is 292 g/mol. The Bertz CT molecular complexity index is 807. The SMILES string of the molecule is CC(O)=Cc1c(N2CCN(C)CC2)nc2ccccc2nc1=O. The number of aromatic nitrogens is 2. The molecule has 2 aromatic rings. The molecule has 6 nitrogen and oxygen atoms in total. The van der Waals surface area contributed by atoms with Crippen LogP contribution in [0.15, 0.2) is 34.8 Å². The van der Waals surface area contributed by atoms with Crippen LogP contribution in [0.2, 0.25) is 0 Å². The number of fused-ring (bicyclic) bond motifs is 1. The first-order chi connectivity index (χ1) is 11.0. The van der Waals surface area contributed by atoms with Gasteiger partial charge in [-0.1, -0.05) is 12.1 Å². The number of nitrogens with zero attached hydrogens (tertiary/aromatic N) is 4. The number of likely N-dealkylation sites (N-methyl/N-ethyl adjacent to an activating group) is 1. The van der Waals surface area contributed by atoms with E-state index in [1.165, 1.54) is 6.08 Å². The third-order valence-corrected chi connectivity index (χ3v) is 3.96. The van der Waals surface area contributed by atoms with E-state index in [1.807, 2.05) is 18.2 Å². The summed E-state index contributed by atoms with van der Waals surface area (Å²) in [6, 6.07) is 7.33. The van der Waals surface area contributed by atoms with Crippen molar-refractivity contribution in [3.8, 4) is 0 Å². The number of allylic oxidation sites excluding steroid dienone is 1. The predicted molar refractivity (Wildman–Crippen MR) is 91.8 cm³/mol. The molecule has 23 heavy (non-hydrogen) atoms. The smallest absolute Gasteiger partial charge is 0.281 e.